The molecule has 1 saturated heterocycles. The number of aromatic nitrogens is 1. The zero-order valence-corrected chi connectivity index (χ0v) is 11.3. The van der Waals surface area contributed by atoms with E-state index in [0.717, 1.165) is 19.8 Å². The van der Waals surface area contributed by atoms with E-state index in [0.29, 0.717) is 0 Å². The highest BCUT2D eigenvalue weighted by atomic mass is 79.9. The van der Waals surface area contributed by atoms with Gasteiger partial charge in [-0.2, -0.15) is 0 Å². The Kier molecular flexibility index (Phi) is 2.94. The van der Waals surface area contributed by atoms with Gasteiger partial charge in [-0.05, 0) is 40.5 Å². The molecule has 0 aliphatic carbocycles. The number of halogens is 1. The fourth-order valence-corrected chi connectivity index (χ4v) is 3.01. The van der Waals surface area contributed by atoms with Crippen LogP contribution in [0.5, 0.6) is 0 Å². The molecule has 2 aromatic heterocycles. The highest BCUT2D eigenvalue weighted by Gasteiger charge is 2.22. The van der Waals surface area contributed by atoms with E-state index in [1.807, 2.05) is 0 Å². The van der Waals surface area contributed by atoms with Crippen molar-refractivity contribution in [1.82, 2.24) is 9.72 Å². The Balaban J connectivity index is 2.17. The molecule has 1 unspecified atom stereocenters. The van der Waals surface area contributed by atoms with Crippen LogP contribution in [-0.2, 0) is 4.74 Å². The van der Waals surface area contributed by atoms with Crippen LogP contribution in [0.15, 0.2) is 28.9 Å². The third kappa shape index (κ3) is 1.80. The van der Waals surface area contributed by atoms with Gasteiger partial charge in [0.15, 0.2) is 0 Å². The minimum absolute atomic E-state index is 0.282. The SMILES string of the molecule is Cc1c(Br)c2ccccn2c1C1COCCN1. The average molecular weight is 295 g/mol. The molecule has 0 radical (unpaired) electrons. The van der Waals surface area contributed by atoms with Gasteiger partial charge in [0.25, 0.3) is 0 Å². The zero-order valence-electron chi connectivity index (χ0n) is 9.74. The maximum absolute atomic E-state index is 5.56. The van der Waals surface area contributed by atoms with Crippen LogP contribution >= 0.6 is 15.9 Å². The van der Waals surface area contributed by atoms with Gasteiger partial charge in [0.05, 0.1) is 24.8 Å². The molecule has 1 fully saturated rings. The van der Waals surface area contributed by atoms with Crippen molar-refractivity contribution in [2.45, 2.75) is 13.0 Å². The molecule has 0 amide bonds. The van der Waals surface area contributed by atoms with Crippen LogP contribution < -0.4 is 5.32 Å². The number of ether oxygens (including phenoxy) is 1. The first-order valence-corrected chi connectivity index (χ1v) is 6.64. The van der Waals surface area contributed by atoms with Gasteiger partial charge in [-0.3, -0.25) is 0 Å². The summed E-state index contributed by atoms with van der Waals surface area (Å²) in [5.41, 5.74) is 3.80. The average Bonchev–Trinajstić information content (AvgIpc) is 2.64. The minimum atomic E-state index is 0.282. The lowest BCUT2D eigenvalue weighted by atomic mass is 10.1. The molecule has 1 aliphatic rings. The van der Waals surface area contributed by atoms with E-state index in [1.165, 1.54) is 21.2 Å². The molecular weight excluding hydrogens is 280 g/mol. The standard InChI is InChI=1S/C13H15BrN2O/c1-9-12(14)11-4-2-3-6-16(11)13(9)10-8-17-7-5-15-10/h2-4,6,10,15H,5,7-8H2,1H3. The number of fused-ring (bicyclic) bond motifs is 1. The summed E-state index contributed by atoms with van der Waals surface area (Å²) in [7, 11) is 0. The molecule has 2 aromatic rings. The zero-order chi connectivity index (χ0) is 11.8. The summed E-state index contributed by atoms with van der Waals surface area (Å²) in [6.07, 6.45) is 2.11. The van der Waals surface area contributed by atoms with Crippen molar-refractivity contribution in [1.29, 1.82) is 0 Å². The Morgan fingerprint density at radius 1 is 1.47 bits per heavy atom. The first-order valence-electron chi connectivity index (χ1n) is 5.85. The van der Waals surface area contributed by atoms with Crippen molar-refractivity contribution >= 4 is 21.4 Å². The summed E-state index contributed by atoms with van der Waals surface area (Å²) < 4.78 is 8.98. The second kappa shape index (κ2) is 4.44. The molecule has 0 aromatic carbocycles. The molecule has 3 nitrogen and oxygen atoms in total. The van der Waals surface area contributed by atoms with Crippen LogP contribution in [0.2, 0.25) is 0 Å². The van der Waals surface area contributed by atoms with E-state index in [1.54, 1.807) is 0 Å². The van der Waals surface area contributed by atoms with Crippen molar-refractivity contribution in [2.75, 3.05) is 19.8 Å². The van der Waals surface area contributed by atoms with E-state index in [2.05, 4.69) is 57.0 Å². The van der Waals surface area contributed by atoms with Crippen LogP contribution in [0.25, 0.3) is 5.52 Å². The minimum Gasteiger partial charge on any atom is -0.378 e. The number of rotatable bonds is 1. The van der Waals surface area contributed by atoms with E-state index >= 15 is 0 Å². The molecule has 1 aliphatic heterocycles. The smallest absolute Gasteiger partial charge is 0.0720 e. The number of pyridine rings is 1. The van der Waals surface area contributed by atoms with Crippen LogP contribution in [0.1, 0.15) is 17.3 Å². The molecule has 0 bridgehead atoms. The molecule has 4 heteroatoms. The maximum Gasteiger partial charge on any atom is 0.0720 e. The molecule has 0 spiro atoms. The number of nitrogens with zero attached hydrogens (tertiary/aromatic N) is 1. The predicted molar refractivity (Wildman–Crippen MR) is 71.4 cm³/mol. The van der Waals surface area contributed by atoms with Gasteiger partial charge in [0, 0.05) is 22.9 Å². The van der Waals surface area contributed by atoms with Gasteiger partial charge < -0.3 is 14.5 Å². The first kappa shape index (κ1) is 11.3. The van der Waals surface area contributed by atoms with Crippen molar-refractivity contribution in [3.05, 3.63) is 40.1 Å². The van der Waals surface area contributed by atoms with Crippen LogP contribution in [0, 0.1) is 6.92 Å². The van der Waals surface area contributed by atoms with E-state index in [4.69, 9.17) is 4.74 Å². The Morgan fingerprint density at radius 2 is 2.35 bits per heavy atom. The summed E-state index contributed by atoms with van der Waals surface area (Å²) in [5.74, 6) is 0. The number of hydrogen-bond donors (Lipinski definition) is 1. The first-order chi connectivity index (χ1) is 8.29. The van der Waals surface area contributed by atoms with Crippen molar-refractivity contribution in [3.8, 4) is 0 Å². The lowest BCUT2D eigenvalue weighted by Crippen LogP contribution is -2.35. The van der Waals surface area contributed by atoms with E-state index in [-0.39, 0.29) is 6.04 Å². The number of hydrogen-bond acceptors (Lipinski definition) is 2. The third-order valence-corrected chi connectivity index (χ3v) is 4.31. The van der Waals surface area contributed by atoms with Crippen molar-refractivity contribution in [3.63, 3.8) is 0 Å². The predicted octanol–water partition coefficient (Wildman–Crippen LogP) is 2.67. The quantitative estimate of drug-likeness (QED) is 0.875. The summed E-state index contributed by atoms with van der Waals surface area (Å²) in [5, 5.41) is 3.52. The second-order valence-electron chi connectivity index (χ2n) is 4.36. The largest absolute Gasteiger partial charge is 0.378 e. The summed E-state index contributed by atoms with van der Waals surface area (Å²) >= 11 is 3.68. The van der Waals surface area contributed by atoms with Gasteiger partial charge >= 0.3 is 0 Å². The summed E-state index contributed by atoms with van der Waals surface area (Å²) in [6, 6.07) is 6.54. The monoisotopic (exact) mass is 294 g/mol. The fourth-order valence-electron chi connectivity index (χ4n) is 2.49. The van der Waals surface area contributed by atoms with Crippen LogP contribution in [0.4, 0.5) is 0 Å². The molecule has 0 saturated carbocycles. The molecular formula is C13H15BrN2O. The van der Waals surface area contributed by atoms with Gasteiger partial charge in [0.2, 0.25) is 0 Å². The Bertz CT molecular complexity index is 544. The lowest BCUT2D eigenvalue weighted by Gasteiger charge is -2.24. The maximum atomic E-state index is 5.56. The molecule has 1 atom stereocenters. The molecule has 3 rings (SSSR count). The van der Waals surface area contributed by atoms with Crippen LogP contribution in [-0.4, -0.2) is 24.2 Å². The van der Waals surface area contributed by atoms with Crippen LogP contribution in [0.3, 0.4) is 0 Å². The van der Waals surface area contributed by atoms with E-state index < -0.39 is 0 Å². The lowest BCUT2D eigenvalue weighted by molar-refractivity contribution is 0.0752. The Labute approximate surface area is 109 Å². The van der Waals surface area contributed by atoms with Gasteiger partial charge in [0.1, 0.15) is 0 Å². The molecule has 17 heavy (non-hydrogen) atoms. The van der Waals surface area contributed by atoms with Gasteiger partial charge in [-0.15, -0.1) is 0 Å². The molecule has 3 heterocycles. The Hall–Kier alpha value is -0.840. The van der Waals surface area contributed by atoms with Crippen molar-refractivity contribution < 1.29 is 4.74 Å². The third-order valence-electron chi connectivity index (χ3n) is 3.31. The fraction of sp³-hybridized carbons (Fsp3) is 0.385. The highest BCUT2D eigenvalue weighted by molar-refractivity contribution is 9.10. The number of nitrogens with one attached hydrogen (secondary N) is 1. The normalized spacial score (nSPS) is 20.9. The van der Waals surface area contributed by atoms with Crippen molar-refractivity contribution in [2.24, 2.45) is 0 Å². The molecule has 90 valence electrons. The molecule has 1 N–H and O–H groups in total. The van der Waals surface area contributed by atoms with Gasteiger partial charge in [-0.1, -0.05) is 6.07 Å². The summed E-state index contributed by atoms with van der Waals surface area (Å²) in [4.78, 5) is 0. The Morgan fingerprint density at radius 3 is 3.12 bits per heavy atom. The second-order valence-corrected chi connectivity index (χ2v) is 5.15. The van der Waals surface area contributed by atoms with E-state index in [9.17, 15) is 0 Å². The summed E-state index contributed by atoms with van der Waals surface area (Å²) in [6.45, 7) is 4.62. The van der Waals surface area contributed by atoms with Gasteiger partial charge in [-0.25, -0.2) is 0 Å². The topological polar surface area (TPSA) is 25.7 Å². The number of morpholine rings is 1. The highest BCUT2D eigenvalue weighted by Crippen LogP contribution is 2.32.